The van der Waals surface area contributed by atoms with Gasteiger partial charge < -0.3 is 14.8 Å². The zero-order valence-electron chi connectivity index (χ0n) is 17.1. The number of morpholine rings is 1. The zero-order valence-corrected chi connectivity index (χ0v) is 19.5. The number of carbonyl (C=O) groups excluding carboxylic acids is 1. The lowest BCUT2D eigenvalue weighted by Crippen LogP contribution is -2.40. The van der Waals surface area contributed by atoms with E-state index in [0.717, 1.165) is 4.90 Å². The summed E-state index contributed by atoms with van der Waals surface area (Å²) in [6.45, 7) is 3.98. The Morgan fingerprint density at radius 1 is 1.16 bits per heavy atom. The Labute approximate surface area is 192 Å². The van der Waals surface area contributed by atoms with Crippen LogP contribution in [0.15, 0.2) is 58.3 Å². The second-order valence-corrected chi connectivity index (χ2v) is 10.6. The summed E-state index contributed by atoms with van der Waals surface area (Å²) in [6, 6.07) is 13.6. The van der Waals surface area contributed by atoms with Crippen molar-refractivity contribution in [1.82, 2.24) is 9.62 Å². The smallest absolute Gasteiger partial charge is 0.243 e. The van der Waals surface area contributed by atoms with Crippen LogP contribution in [0.25, 0.3) is 0 Å². The van der Waals surface area contributed by atoms with E-state index >= 15 is 0 Å². The number of ether oxygens (including phenoxy) is 2. The first-order valence-electron chi connectivity index (χ1n) is 9.87. The highest BCUT2D eigenvalue weighted by molar-refractivity contribution is 8.00. The van der Waals surface area contributed by atoms with Crippen molar-refractivity contribution >= 4 is 39.3 Å². The molecule has 168 valence electrons. The summed E-state index contributed by atoms with van der Waals surface area (Å²) in [4.78, 5) is 13.4. The van der Waals surface area contributed by atoms with Crippen molar-refractivity contribution in [2.45, 2.75) is 22.0 Å². The minimum atomic E-state index is -3.52. The maximum Gasteiger partial charge on any atom is 0.243 e. The van der Waals surface area contributed by atoms with Crippen molar-refractivity contribution < 1.29 is 22.7 Å². The maximum absolute atomic E-state index is 12.6. The van der Waals surface area contributed by atoms with Crippen molar-refractivity contribution in [3.63, 3.8) is 0 Å². The lowest BCUT2D eigenvalue weighted by Gasteiger charge is -2.26. The number of nitrogens with zero attached hydrogens (tertiary/aromatic N) is 1. The number of benzene rings is 2. The minimum absolute atomic E-state index is 0.0875. The van der Waals surface area contributed by atoms with Gasteiger partial charge >= 0.3 is 0 Å². The number of amides is 1. The van der Waals surface area contributed by atoms with Crippen molar-refractivity contribution in [3.05, 3.63) is 53.6 Å². The first-order chi connectivity index (χ1) is 14.9. The summed E-state index contributed by atoms with van der Waals surface area (Å²) in [5, 5.41) is 3.24. The molecule has 1 atom stereocenters. The van der Waals surface area contributed by atoms with Gasteiger partial charge in [0.05, 0.1) is 29.9 Å². The molecule has 0 aromatic heterocycles. The van der Waals surface area contributed by atoms with Crippen LogP contribution in [0.5, 0.6) is 5.75 Å². The van der Waals surface area contributed by atoms with E-state index < -0.39 is 10.0 Å². The number of rotatable bonds is 9. The molecule has 2 aromatic carbocycles. The summed E-state index contributed by atoms with van der Waals surface area (Å²) in [6.07, 6.45) is 0. The molecule has 1 aliphatic rings. The van der Waals surface area contributed by atoms with Crippen LogP contribution in [0.3, 0.4) is 0 Å². The monoisotopic (exact) mass is 484 g/mol. The van der Waals surface area contributed by atoms with E-state index in [4.69, 9.17) is 21.1 Å². The summed E-state index contributed by atoms with van der Waals surface area (Å²) in [5.74, 6) is 0.453. The topological polar surface area (TPSA) is 84.9 Å². The lowest BCUT2D eigenvalue weighted by atomic mass is 10.3. The van der Waals surface area contributed by atoms with Gasteiger partial charge in [-0.3, -0.25) is 4.79 Å². The summed E-state index contributed by atoms with van der Waals surface area (Å²) in [5.41, 5.74) is 0. The SMILES string of the molecule is CC(Sc1ccc(Cl)cc1)C(=O)NCCOc1ccc(S(=O)(=O)N2CCOCC2)cc1. The van der Waals surface area contributed by atoms with Crippen LogP contribution in [0, 0.1) is 0 Å². The number of nitrogens with one attached hydrogen (secondary N) is 1. The van der Waals surface area contributed by atoms with Crippen LogP contribution >= 0.6 is 23.4 Å². The molecule has 3 rings (SSSR count). The molecule has 1 saturated heterocycles. The first kappa shape index (κ1) is 23.9. The number of hydrogen-bond donors (Lipinski definition) is 1. The molecular formula is C21H25ClN2O5S2. The highest BCUT2D eigenvalue weighted by Crippen LogP contribution is 2.25. The second-order valence-electron chi connectivity index (χ2n) is 6.84. The maximum atomic E-state index is 12.6. The van der Waals surface area contributed by atoms with Gasteiger partial charge in [-0.25, -0.2) is 8.42 Å². The molecule has 0 spiro atoms. The van der Waals surface area contributed by atoms with Crippen molar-refractivity contribution in [2.24, 2.45) is 0 Å². The average molecular weight is 485 g/mol. The largest absolute Gasteiger partial charge is 0.492 e. The standard InChI is InChI=1S/C21H25ClN2O5S2/c1-16(30-19-6-2-17(22)3-7-19)21(25)23-10-13-29-18-4-8-20(9-5-18)31(26,27)24-11-14-28-15-12-24/h2-9,16H,10-15H2,1H3,(H,23,25). The molecule has 0 aliphatic carbocycles. The van der Waals surface area contributed by atoms with Gasteiger partial charge in [0.2, 0.25) is 15.9 Å². The van der Waals surface area contributed by atoms with Crippen molar-refractivity contribution in [1.29, 1.82) is 0 Å². The molecule has 7 nitrogen and oxygen atoms in total. The molecular weight excluding hydrogens is 460 g/mol. The Morgan fingerprint density at radius 2 is 1.81 bits per heavy atom. The third kappa shape index (κ3) is 6.85. The summed E-state index contributed by atoms with van der Waals surface area (Å²) >= 11 is 7.32. The highest BCUT2D eigenvalue weighted by atomic mass is 35.5. The van der Waals surface area contributed by atoms with E-state index in [0.29, 0.717) is 43.6 Å². The Hall–Kier alpha value is -1.78. The number of hydrogen-bond acceptors (Lipinski definition) is 6. The Bertz CT molecular complexity index is 962. The predicted octanol–water partition coefficient (Wildman–Crippen LogP) is 3.04. The molecule has 0 saturated carbocycles. The normalized spacial score (nSPS) is 15.9. The van der Waals surface area contributed by atoms with E-state index in [1.54, 1.807) is 24.3 Å². The molecule has 1 amide bonds. The quantitative estimate of drug-likeness (QED) is 0.435. The molecule has 1 aliphatic heterocycles. The zero-order chi connectivity index (χ0) is 22.3. The van der Waals surface area contributed by atoms with Gasteiger partial charge in [0.15, 0.2) is 0 Å². The lowest BCUT2D eigenvalue weighted by molar-refractivity contribution is -0.120. The summed E-state index contributed by atoms with van der Waals surface area (Å²) in [7, 11) is -3.52. The van der Waals surface area contributed by atoms with Crippen LogP contribution in [-0.2, 0) is 19.6 Å². The number of carbonyl (C=O) groups is 1. The summed E-state index contributed by atoms with van der Waals surface area (Å²) < 4.78 is 37.5. The number of halogens is 1. The second kappa shape index (κ2) is 11.2. The molecule has 1 unspecified atom stereocenters. The molecule has 0 bridgehead atoms. The molecule has 10 heteroatoms. The Balaban J connectivity index is 1.42. The van der Waals surface area contributed by atoms with Crippen LogP contribution in [0.1, 0.15) is 6.92 Å². The Morgan fingerprint density at radius 3 is 2.45 bits per heavy atom. The highest BCUT2D eigenvalue weighted by Gasteiger charge is 2.26. The third-order valence-corrected chi connectivity index (χ3v) is 7.87. The molecule has 1 fully saturated rings. The van der Waals surface area contributed by atoms with E-state index in [9.17, 15) is 13.2 Å². The molecule has 2 aromatic rings. The fourth-order valence-electron chi connectivity index (χ4n) is 2.90. The van der Waals surface area contributed by atoms with Crippen molar-refractivity contribution in [2.75, 3.05) is 39.5 Å². The van der Waals surface area contributed by atoms with E-state index in [2.05, 4.69) is 5.32 Å². The van der Waals surface area contributed by atoms with Gasteiger partial charge in [0.1, 0.15) is 12.4 Å². The van der Waals surface area contributed by atoms with E-state index in [1.165, 1.54) is 28.2 Å². The predicted molar refractivity (Wildman–Crippen MR) is 121 cm³/mol. The molecule has 1 N–H and O–H groups in total. The molecule has 0 radical (unpaired) electrons. The van der Waals surface area contributed by atoms with Gasteiger partial charge in [-0.1, -0.05) is 11.6 Å². The van der Waals surface area contributed by atoms with Crippen LogP contribution in [0.4, 0.5) is 0 Å². The van der Waals surface area contributed by atoms with Crippen molar-refractivity contribution in [3.8, 4) is 5.75 Å². The number of sulfonamides is 1. The minimum Gasteiger partial charge on any atom is -0.492 e. The third-order valence-electron chi connectivity index (χ3n) is 4.60. The van der Waals surface area contributed by atoms with Gasteiger partial charge in [0.25, 0.3) is 0 Å². The fraction of sp³-hybridized carbons (Fsp3) is 0.381. The van der Waals surface area contributed by atoms with Gasteiger partial charge in [-0.15, -0.1) is 11.8 Å². The van der Waals surface area contributed by atoms with Crippen LogP contribution in [-0.4, -0.2) is 63.3 Å². The van der Waals surface area contributed by atoms with E-state index in [1.807, 2.05) is 19.1 Å². The Kier molecular flexibility index (Phi) is 8.62. The average Bonchev–Trinajstić information content (AvgIpc) is 2.79. The van der Waals surface area contributed by atoms with Gasteiger partial charge in [-0.2, -0.15) is 4.31 Å². The van der Waals surface area contributed by atoms with E-state index in [-0.39, 0.29) is 22.7 Å². The molecule has 1 heterocycles. The molecule has 31 heavy (non-hydrogen) atoms. The van der Waals surface area contributed by atoms with Gasteiger partial charge in [0, 0.05) is 23.0 Å². The van der Waals surface area contributed by atoms with Crippen LogP contribution < -0.4 is 10.1 Å². The first-order valence-corrected chi connectivity index (χ1v) is 12.6. The van der Waals surface area contributed by atoms with Gasteiger partial charge in [-0.05, 0) is 55.5 Å². The fourth-order valence-corrected chi connectivity index (χ4v) is 5.33. The number of thioether (sulfide) groups is 1. The van der Waals surface area contributed by atoms with Crippen LogP contribution in [0.2, 0.25) is 5.02 Å².